The third-order valence-electron chi connectivity index (χ3n) is 4.96. The lowest BCUT2D eigenvalue weighted by Gasteiger charge is -2.17. The standard InChI is InChI=1S/C20H23N3O2S/c24-19(14-9-10-14)22-18-12-11-16(26-18)20(25)23-13-5-4-8-17(23)21-15-6-2-1-3-7-15/h4-5,8,11-15H,1-3,6-7,9-10H2,(H,22,24). The topological polar surface area (TPSA) is 63.5 Å². The number of nitrogens with zero attached hydrogens (tertiary/aromatic N) is 2. The van der Waals surface area contributed by atoms with Crippen LogP contribution in [0.1, 0.15) is 54.6 Å². The van der Waals surface area contributed by atoms with Crippen molar-refractivity contribution in [2.24, 2.45) is 10.9 Å². The number of nitrogens with one attached hydrogen (secondary N) is 1. The van der Waals surface area contributed by atoms with Crippen LogP contribution >= 0.6 is 11.3 Å². The summed E-state index contributed by atoms with van der Waals surface area (Å²) in [7, 11) is 0. The van der Waals surface area contributed by atoms with Crippen molar-refractivity contribution in [1.29, 1.82) is 0 Å². The molecule has 6 heteroatoms. The number of rotatable bonds is 4. The Morgan fingerprint density at radius 3 is 2.62 bits per heavy atom. The second-order valence-corrected chi connectivity index (χ2v) is 8.17. The lowest BCUT2D eigenvalue weighted by molar-refractivity contribution is -0.117. The summed E-state index contributed by atoms with van der Waals surface area (Å²) in [6, 6.07) is 9.56. The molecule has 2 fully saturated rings. The molecule has 2 heterocycles. The van der Waals surface area contributed by atoms with Gasteiger partial charge in [0.2, 0.25) is 5.91 Å². The average molecular weight is 369 g/mol. The maximum absolute atomic E-state index is 13.0. The van der Waals surface area contributed by atoms with Crippen LogP contribution in [0, 0.1) is 5.92 Å². The summed E-state index contributed by atoms with van der Waals surface area (Å²) >= 11 is 1.32. The number of carbonyl (C=O) groups excluding carboxylic acids is 2. The summed E-state index contributed by atoms with van der Waals surface area (Å²) in [5, 5.41) is 3.63. The number of hydrogen-bond acceptors (Lipinski definition) is 4. The molecule has 0 spiro atoms. The Bertz CT molecular complexity index is 873. The third kappa shape index (κ3) is 3.96. The van der Waals surface area contributed by atoms with Gasteiger partial charge >= 0.3 is 0 Å². The predicted octanol–water partition coefficient (Wildman–Crippen LogP) is 3.82. The molecular formula is C20H23N3O2S. The molecule has 0 aliphatic heterocycles. The Hall–Kier alpha value is -2.21. The number of thiophene rings is 1. The van der Waals surface area contributed by atoms with E-state index in [0.29, 0.717) is 16.4 Å². The fraction of sp³-hybridized carbons (Fsp3) is 0.450. The molecule has 0 aromatic carbocycles. The molecular weight excluding hydrogens is 346 g/mol. The fourth-order valence-electron chi connectivity index (χ4n) is 3.32. The molecule has 4 rings (SSSR count). The van der Waals surface area contributed by atoms with Gasteiger partial charge < -0.3 is 5.32 Å². The molecule has 2 aromatic rings. The molecule has 2 saturated carbocycles. The van der Waals surface area contributed by atoms with E-state index in [9.17, 15) is 9.59 Å². The molecule has 0 atom stereocenters. The van der Waals surface area contributed by atoms with Gasteiger partial charge in [0.15, 0.2) is 0 Å². The van der Waals surface area contributed by atoms with E-state index in [1.165, 1.54) is 30.6 Å². The zero-order valence-electron chi connectivity index (χ0n) is 14.7. The summed E-state index contributed by atoms with van der Waals surface area (Å²) in [6.07, 6.45) is 9.60. The van der Waals surface area contributed by atoms with Gasteiger partial charge in [-0.1, -0.05) is 25.3 Å². The van der Waals surface area contributed by atoms with Gasteiger partial charge in [-0.25, -0.2) is 0 Å². The number of aromatic nitrogens is 1. The van der Waals surface area contributed by atoms with E-state index in [4.69, 9.17) is 4.99 Å². The zero-order chi connectivity index (χ0) is 17.9. The first-order chi connectivity index (χ1) is 12.7. The van der Waals surface area contributed by atoms with Crippen molar-refractivity contribution in [2.45, 2.75) is 51.0 Å². The minimum Gasteiger partial charge on any atom is -0.317 e. The maximum Gasteiger partial charge on any atom is 0.273 e. The summed E-state index contributed by atoms with van der Waals surface area (Å²) < 4.78 is 1.62. The van der Waals surface area contributed by atoms with E-state index in [0.717, 1.165) is 30.7 Å². The highest BCUT2D eigenvalue weighted by Gasteiger charge is 2.30. The van der Waals surface area contributed by atoms with E-state index in [-0.39, 0.29) is 17.7 Å². The molecule has 1 N–H and O–H groups in total. The van der Waals surface area contributed by atoms with Crippen molar-refractivity contribution in [1.82, 2.24) is 4.57 Å². The van der Waals surface area contributed by atoms with Gasteiger partial charge in [-0.2, -0.15) is 0 Å². The van der Waals surface area contributed by atoms with Gasteiger partial charge in [-0.3, -0.25) is 19.1 Å². The van der Waals surface area contributed by atoms with Crippen LogP contribution in [0.25, 0.3) is 0 Å². The summed E-state index contributed by atoms with van der Waals surface area (Å²) in [4.78, 5) is 30.3. The van der Waals surface area contributed by atoms with E-state index < -0.39 is 0 Å². The Morgan fingerprint density at radius 2 is 1.85 bits per heavy atom. The minimum absolute atomic E-state index is 0.0613. The second kappa shape index (κ2) is 7.58. The molecule has 136 valence electrons. The minimum atomic E-state index is -0.0999. The van der Waals surface area contributed by atoms with Gasteiger partial charge in [0.25, 0.3) is 5.91 Å². The molecule has 0 radical (unpaired) electrons. The van der Waals surface area contributed by atoms with Gasteiger partial charge in [-0.15, -0.1) is 11.3 Å². The lowest BCUT2D eigenvalue weighted by atomic mass is 9.96. The van der Waals surface area contributed by atoms with Crippen LogP contribution in [-0.2, 0) is 4.79 Å². The van der Waals surface area contributed by atoms with Crippen LogP contribution < -0.4 is 10.8 Å². The van der Waals surface area contributed by atoms with Gasteiger partial charge in [-0.05, 0) is 49.9 Å². The van der Waals surface area contributed by atoms with Crippen molar-refractivity contribution in [2.75, 3.05) is 5.32 Å². The first-order valence-electron chi connectivity index (χ1n) is 9.37. The van der Waals surface area contributed by atoms with Crippen LogP contribution in [0.15, 0.2) is 41.5 Å². The van der Waals surface area contributed by atoms with E-state index in [1.54, 1.807) is 22.9 Å². The first-order valence-corrected chi connectivity index (χ1v) is 10.2. The Balaban J connectivity index is 1.55. The van der Waals surface area contributed by atoms with E-state index in [1.807, 2.05) is 18.2 Å². The van der Waals surface area contributed by atoms with Crippen LogP contribution in [0.5, 0.6) is 0 Å². The van der Waals surface area contributed by atoms with Gasteiger partial charge in [0.1, 0.15) is 5.49 Å². The molecule has 0 bridgehead atoms. The van der Waals surface area contributed by atoms with Crippen LogP contribution in [-0.4, -0.2) is 22.4 Å². The van der Waals surface area contributed by atoms with E-state index >= 15 is 0 Å². The largest absolute Gasteiger partial charge is 0.317 e. The molecule has 0 saturated heterocycles. The SMILES string of the molecule is O=C(Nc1ccc(C(=O)n2ccccc2=NC2CCCCC2)s1)C1CC1. The number of pyridine rings is 1. The summed E-state index contributed by atoms with van der Waals surface area (Å²) in [5.74, 6) is 0.115. The summed E-state index contributed by atoms with van der Waals surface area (Å²) in [6.45, 7) is 0. The monoisotopic (exact) mass is 369 g/mol. The highest BCUT2D eigenvalue weighted by Crippen LogP contribution is 2.31. The van der Waals surface area contributed by atoms with Crippen molar-refractivity contribution in [3.05, 3.63) is 46.9 Å². The normalized spacial score (nSPS) is 18.7. The molecule has 5 nitrogen and oxygen atoms in total. The first kappa shape index (κ1) is 17.2. The Kier molecular flexibility index (Phi) is 5.02. The van der Waals surface area contributed by atoms with Crippen LogP contribution in [0.4, 0.5) is 5.00 Å². The molecule has 26 heavy (non-hydrogen) atoms. The molecule has 2 aliphatic carbocycles. The van der Waals surface area contributed by atoms with Crippen LogP contribution in [0.2, 0.25) is 0 Å². The third-order valence-corrected chi connectivity index (χ3v) is 5.95. The summed E-state index contributed by atoms with van der Waals surface area (Å²) in [5.41, 5.74) is 0.710. The predicted molar refractivity (Wildman–Crippen MR) is 102 cm³/mol. The van der Waals surface area contributed by atoms with Crippen molar-refractivity contribution < 1.29 is 9.59 Å². The quantitative estimate of drug-likeness (QED) is 0.890. The Labute approximate surface area is 156 Å². The molecule has 2 aromatic heterocycles. The fourth-order valence-corrected chi connectivity index (χ4v) is 4.16. The number of amides is 1. The van der Waals surface area contributed by atoms with E-state index in [2.05, 4.69) is 5.32 Å². The lowest BCUT2D eigenvalue weighted by Crippen LogP contribution is -2.28. The van der Waals surface area contributed by atoms with Crippen molar-refractivity contribution >= 4 is 28.2 Å². The zero-order valence-corrected chi connectivity index (χ0v) is 15.5. The molecule has 0 unspecified atom stereocenters. The number of anilines is 1. The number of hydrogen-bond donors (Lipinski definition) is 1. The highest BCUT2D eigenvalue weighted by atomic mass is 32.1. The van der Waals surface area contributed by atoms with Crippen molar-refractivity contribution in [3.8, 4) is 0 Å². The maximum atomic E-state index is 13.0. The molecule has 2 aliphatic rings. The smallest absolute Gasteiger partial charge is 0.273 e. The number of carbonyl (C=O) groups is 2. The Morgan fingerprint density at radius 1 is 1.04 bits per heavy atom. The van der Waals surface area contributed by atoms with Crippen molar-refractivity contribution in [3.63, 3.8) is 0 Å². The second-order valence-electron chi connectivity index (χ2n) is 7.08. The molecule has 1 amide bonds. The van der Waals surface area contributed by atoms with Gasteiger partial charge in [0, 0.05) is 12.1 Å². The highest BCUT2D eigenvalue weighted by molar-refractivity contribution is 7.18. The average Bonchev–Trinajstić information content (AvgIpc) is 3.42. The van der Waals surface area contributed by atoms with Crippen LogP contribution in [0.3, 0.4) is 0 Å². The van der Waals surface area contributed by atoms with Gasteiger partial charge in [0.05, 0.1) is 15.9 Å².